The van der Waals surface area contributed by atoms with Crippen LogP contribution in [0.2, 0.25) is 0 Å². The van der Waals surface area contributed by atoms with Gasteiger partial charge in [0, 0.05) is 19.3 Å². The van der Waals surface area contributed by atoms with E-state index in [2.05, 4.69) is 41.5 Å². The van der Waals surface area contributed by atoms with Crippen LogP contribution in [0.25, 0.3) is 0 Å². The van der Waals surface area contributed by atoms with Gasteiger partial charge in [-0.25, -0.2) is 0 Å². The number of esters is 1. The molecule has 2 aliphatic rings. The summed E-state index contributed by atoms with van der Waals surface area (Å²) in [5, 5.41) is 10.6. The van der Waals surface area contributed by atoms with Crippen LogP contribution in [0.1, 0.15) is 74.1 Å². The van der Waals surface area contributed by atoms with E-state index >= 15 is 0 Å². The maximum Gasteiger partial charge on any atom is 0.302 e. The summed E-state index contributed by atoms with van der Waals surface area (Å²) in [5.74, 6) is -0.908. The summed E-state index contributed by atoms with van der Waals surface area (Å²) < 4.78 is 18.2. The van der Waals surface area contributed by atoms with Crippen molar-refractivity contribution in [1.29, 1.82) is 0 Å². The van der Waals surface area contributed by atoms with Gasteiger partial charge in [-0.1, -0.05) is 32.8 Å². The minimum absolute atomic E-state index is 0.0562. The molecule has 6 nitrogen and oxygen atoms in total. The Labute approximate surface area is 158 Å². The molecule has 0 aromatic heterocycles. The highest BCUT2D eigenvalue weighted by Crippen LogP contribution is 2.53. The van der Waals surface area contributed by atoms with Crippen molar-refractivity contribution in [1.82, 2.24) is 5.06 Å². The van der Waals surface area contributed by atoms with E-state index in [9.17, 15) is 4.79 Å². The second-order valence-corrected chi connectivity index (χ2v) is 8.82. The Kier molecular flexibility index (Phi) is 6.13. The van der Waals surface area contributed by atoms with Gasteiger partial charge in [0.2, 0.25) is 0 Å². The molecule has 0 aliphatic carbocycles. The number of hydroxylamine groups is 2. The summed E-state index contributed by atoms with van der Waals surface area (Å²) in [6.07, 6.45) is 3.21. The molecule has 6 heteroatoms. The zero-order chi connectivity index (χ0) is 19.8. The molecule has 0 aromatic rings. The second kappa shape index (κ2) is 7.38. The molecule has 26 heavy (non-hydrogen) atoms. The van der Waals surface area contributed by atoms with Gasteiger partial charge in [0.05, 0.1) is 29.7 Å². The average Bonchev–Trinajstić information content (AvgIpc) is 2.64. The molecule has 0 saturated carbocycles. The third kappa shape index (κ3) is 3.41. The van der Waals surface area contributed by atoms with Crippen molar-refractivity contribution in [3.05, 3.63) is 0 Å². The van der Waals surface area contributed by atoms with Crippen LogP contribution in [0.3, 0.4) is 0 Å². The summed E-state index contributed by atoms with van der Waals surface area (Å²) in [4.78, 5) is 11.2. The highest BCUT2D eigenvalue weighted by Gasteiger charge is 2.65. The van der Waals surface area contributed by atoms with Gasteiger partial charge in [-0.3, -0.25) is 4.79 Å². The molecule has 2 saturated heterocycles. The Morgan fingerprint density at radius 1 is 1.15 bits per heavy atom. The van der Waals surface area contributed by atoms with Gasteiger partial charge in [0.1, 0.15) is 6.61 Å². The van der Waals surface area contributed by atoms with E-state index in [1.54, 1.807) is 5.06 Å². The molecule has 0 radical (unpaired) electrons. The van der Waals surface area contributed by atoms with Crippen molar-refractivity contribution < 1.29 is 24.2 Å². The van der Waals surface area contributed by atoms with Gasteiger partial charge in [-0.05, 0) is 33.1 Å². The van der Waals surface area contributed by atoms with Gasteiger partial charge in [-0.2, -0.15) is 0 Å². The lowest BCUT2D eigenvalue weighted by molar-refractivity contribution is -0.403. The lowest BCUT2D eigenvalue weighted by Crippen LogP contribution is -2.73. The fraction of sp³-hybridized carbons (Fsp3) is 0.950. The van der Waals surface area contributed by atoms with Crippen LogP contribution in [0.15, 0.2) is 0 Å². The first kappa shape index (κ1) is 21.6. The van der Waals surface area contributed by atoms with Crippen molar-refractivity contribution in [2.75, 3.05) is 19.8 Å². The quantitative estimate of drug-likeness (QED) is 0.548. The van der Waals surface area contributed by atoms with Gasteiger partial charge in [-0.15, -0.1) is 0 Å². The standard InChI is InChI=1S/C20H37NO5/c1-8-17(6)11-20(15(4)18(7,9-2)21(17)23)25-13-19(10-3,14-26-20)12-24-16(5)22/h15,23H,8-14H2,1-7H3/p+1. The van der Waals surface area contributed by atoms with E-state index in [1.807, 2.05) is 0 Å². The third-order valence-electron chi connectivity index (χ3n) is 7.32. The minimum Gasteiger partial charge on any atom is -0.465 e. The SMILES string of the molecule is CCC1(COC(C)=O)COC2(CC(C)(CC)N([OH2+])C(C)(CC)C2C)OC1. The molecule has 3 unspecified atom stereocenters. The van der Waals surface area contributed by atoms with Crippen molar-refractivity contribution in [3.8, 4) is 0 Å². The number of hydrogen-bond donors (Lipinski definition) is 0. The summed E-state index contributed by atoms with van der Waals surface area (Å²) in [6.45, 7) is 15.5. The van der Waals surface area contributed by atoms with Crippen LogP contribution >= 0.6 is 0 Å². The van der Waals surface area contributed by atoms with Crippen LogP contribution in [0.4, 0.5) is 0 Å². The maximum absolute atomic E-state index is 11.2. The highest BCUT2D eigenvalue weighted by atomic mass is 16.7. The molecule has 2 aliphatic heterocycles. The third-order valence-corrected chi connectivity index (χ3v) is 7.32. The summed E-state index contributed by atoms with van der Waals surface area (Å²) in [6, 6.07) is 0. The molecular weight excluding hydrogens is 334 g/mol. The zero-order valence-corrected chi connectivity index (χ0v) is 17.6. The maximum atomic E-state index is 11.2. The lowest BCUT2D eigenvalue weighted by atomic mass is 9.67. The average molecular weight is 373 g/mol. The van der Waals surface area contributed by atoms with Crippen molar-refractivity contribution in [2.45, 2.75) is 91.0 Å². The number of carbonyl (C=O) groups excluding carboxylic acids is 1. The lowest BCUT2D eigenvalue weighted by Gasteiger charge is -2.60. The first-order valence-corrected chi connectivity index (χ1v) is 9.96. The molecule has 0 amide bonds. The second-order valence-electron chi connectivity index (χ2n) is 8.82. The summed E-state index contributed by atoms with van der Waals surface area (Å²) in [5.41, 5.74) is -0.926. The molecule has 0 bridgehead atoms. The predicted molar refractivity (Wildman–Crippen MR) is 101 cm³/mol. The Bertz CT molecular complexity index is 516. The number of rotatable bonds is 5. The molecular formula is C20H38NO5+. The van der Waals surface area contributed by atoms with E-state index in [1.165, 1.54) is 6.92 Å². The van der Waals surface area contributed by atoms with Crippen LogP contribution in [0, 0.1) is 11.3 Å². The molecule has 2 N–H and O–H groups in total. The zero-order valence-electron chi connectivity index (χ0n) is 17.6. The topological polar surface area (TPSA) is 70.9 Å². The Hall–Kier alpha value is -0.690. The number of ether oxygens (including phenoxy) is 3. The monoisotopic (exact) mass is 372 g/mol. The van der Waals surface area contributed by atoms with Crippen LogP contribution in [-0.2, 0) is 19.0 Å². The van der Waals surface area contributed by atoms with E-state index in [4.69, 9.17) is 19.4 Å². The van der Waals surface area contributed by atoms with E-state index in [0.717, 1.165) is 19.3 Å². The molecule has 152 valence electrons. The van der Waals surface area contributed by atoms with Gasteiger partial charge < -0.3 is 19.4 Å². The van der Waals surface area contributed by atoms with Gasteiger partial charge in [0.15, 0.2) is 5.79 Å². The van der Waals surface area contributed by atoms with Crippen molar-refractivity contribution >= 4 is 5.97 Å². The number of piperidine rings is 1. The normalized spacial score (nSPS) is 44.2. The predicted octanol–water partition coefficient (Wildman–Crippen LogP) is 3.01. The Balaban J connectivity index is 2.28. The van der Waals surface area contributed by atoms with Crippen molar-refractivity contribution in [2.24, 2.45) is 11.3 Å². The van der Waals surface area contributed by atoms with Crippen LogP contribution in [0.5, 0.6) is 0 Å². The molecule has 2 fully saturated rings. The molecule has 3 atom stereocenters. The summed E-state index contributed by atoms with van der Waals surface area (Å²) >= 11 is 0. The molecule has 2 rings (SSSR count). The van der Waals surface area contributed by atoms with Gasteiger partial charge in [0.25, 0.3) is 0 Å². The van der Waals surface area contributed by atoms with E-state index in [0.29, 0.717) is 26.2 Å². The molecule has 0 aromatic carbocycles. The summed E-state index contributed by atoms with van der Waals surface area (Å²) in [7, 11) is 0. The first-order valence-electron chi connectivity index (χ1n) is 9.96. The number of carbonyl (C=O) groups is 1. The molecule has 2 heterocycles. The first-order chi connectivity index (χ1) is 12.0. The minimum atomic E-state index is -0.692. The van der Waals surface area contributed by atoms with Gasteiger partial charge >= 0.3 is 5.97 Å². The largest absolute Gasteiger partial charge is 0.465 e. The highest BCUT2D eigenvalue weighted by molar-refractivity contribution is 5.65. The Morgan fingerprint density at radius 2 is 1.73 bits per heavy atom. The van der Waals surface area contributed by atoms with E-state index < -0.39 is 5.79 Å². The van der Waals surface area contributed by atoms with Crippen molar-refractivity contribution in [3.63, 3.8) is 0 Å². The number of hydrogen-bond acceptors (Lipinski definition) is 5. The smallest absolute Gasteiger partial charge is 0.302 e. The fourth-order valence-corrected chi connectivity index (χ4v) is 4.42. The fourth-order valence-electron chi connectivity index (χ4n) is 4.42. The molecule has 1 spiro atoms. The van der Waals surface area contributed by atoms with Crippen LogP contribution < -0.4 is 0 Å². The van der Waals surface area contributed by atoms with E-state index in [-0.39, 0.29) is 28.4 Å². The number of nitrogens with zero attached hydrogens (tertiary/aromatic N) is 1. The van der Waals surface area contributed by atoms with Crippen LogP contribution in [-0.4, -0.2) is 52.9 Å². The Morgan fingerprint density at radius 3 is 2.15 bits per heavy atom.